The van der Waals surface area contributed by atoms with Gasteiger partial charge in [0, 0.05) is 17.2 Å². The van der Waals surface area contributed by atoms with Gasteiger partial charge in [-0.25, -0.2) is 5.84 Å². The lowest BCUT2D eigenvalue weighted by atomic mass is 10.1. The van der Waals surface area contributed by atoms with Crippen molar-refractivity contribution in [2.24, 2.45) is 5.84 Å². The largest absolute Gasteiger partial charge is 0.459 e. The first kappa shape index (κ1) is 14.9. The molecule has 0 aliphatic carbocycles. The second kappa shape index (κ2) is 6.78. The second-order valence-electron chi connectivity index (χ2n) is 4.50. The summed E-state index contributed by atoms with van der Waals surface area (Å²) in [5.74, 6) is 6.08. The van der Waals surface area contributed by atoms with Crippen LogP contribution in [0.25, 0.3) is 11.0 Å². The van der Waals surface area contributed by atoms with E-state index < -0.39 is 0 Å². The van der Waals surface area contributed by atoms with Gasteiger partial charge in [0.1, 0.15) is 11.3 Å². The number of carbonyl (C=O) groups is 1. The third kappa shape index (κ3) is 3.15. The molecule has 1 heterocycles. The molecule has 2 rings (SSSR count). The van der Waals surface area contributed by atoms with Gasteiger partial charge in [0.2, 0.25) is 0 Å². The number of furan rings is 1. The molecule has 0 aliphatic rings. The van der Waals surface area contributed by atoms with E-state index in [1.54, 1.807) is 11.8 Å². The van der Waals surface area contributed by atoms with E-state index in [2.05, 4.69) is 5.43 Å². The first-order valence-corrected chi connectivity index (χ1v) is 7.46. The highest BCUT2D eigenvalue weighted by molar-refractivity contribution is 7.99. The van der Waals surface area contributed by atoms with Crippen LogP contribution in [0.5, 0.6) is 0 Å². The predicted octanol–water partition coefficient (Wildman–Crippen LogP) is 2.04. The molecule has 0 saturated carbocycles. The molecule has 0 saturated heterocycles. The summed E-state index contributed by atoms with van der Waals surface area (Å²) < 4.78 is 5.75. The molecule has 1 aromatic heterocycles. The molecule has 1 atom stereocenters. The highest BCUT2D eigenvalue weighted by Crippen LogP contribution is 2.30. The predicted molar refractivity (Wildman–Crippen MR) is 80.3 cm³/mol. The Kier molecular flexibility index (Phi) is 5.05. The minimum absolute atomic E-state index is 0.157. The van der Waals surface area contributed by atoms with Crippen LogP contribution in [0.1, 0.15) is 29.5 Å². The van der Waals surface area contributed by atoms with Crippen molar-refractivity contribution < 1.29 is 14.3 Å². The quantitative estimate of drug-likeness (QED) is 0.431. The fourth-order valence-corrected chi connectivity index (χ4v) is 2.91. The molecule has 5 nitrogen and oxygen atoms in total. The highest BCUT2D eigenvalue weighted by Gasteiger charge is 2.20. The van der Waals surface area contributed by atoms with E-state index in [4.69, 9.17) is 15.4 Å². The molecular weight excluding hydrogens is 276 g/mol. The molecule has 1 unspecified atom stereocenters. The number of carbonyl (C=O) groups excluding carboxylic acids is 1. The standard InChI is InChI=1S/C14H18N2O3S/c1-9(6-7-17)20-8-12-13(14(18)16-15)10-4-2-3-5-11(10)19-12/h2-5,9,17H,6-8,15H2,1H3,(H,16,18). The molecule has 20 heavy (non-hydrogen) atoms. The monoisotopic (exact) mass is 294 g/mol. The minimum atomic E-state index is -0.347. The van der Waals surface area contributed by atoms with Gasteiger partial charge >= 0.3 is 0 Å². The maximum absolute atomic E-state index is 11.9. The van der Waals surface area contributed by atoms with Crippen LogP contribution in [0.15, 0.2) is 28.7 Å². The van der Waals surface area contributed by atoms with E-state index in [1.165, 1.54) is 0 Å². The van der Waals surface area contributed by atoms with Crippen LogP contribution in [-0.4, -0.2) is 22.9 Å². The summed E-state index contributed by atoms with van der Waals surface area (Å²) in [5, 5.41) is 9.97. The number of fused-ring (bicyclic) bond motifs is 1. The van der Waals surface area contributed by atoms with Crippen molar-refractivity contribution >= 4 is 28.6 Å². The molecule has 0 spiro atoms. The number of nitrogens with two attached hydrogens (primary N) is 1. The lowest BCUT2D eigenvalue weighted by molar-refractivity contribution is 0.0953. The number of thioether (sulfide) groups is 1. The van der Waals surface area contributed by atoms with Gasteiger partial charge in [0.25, 0.3) is 5.91 Å². The summed E-state index contributed by atoms with van der Waals surface area (Å²) in [7, 11) is 0. The number of aliphatic hydroxyl groups excluding tert-OH is 1. The maximum atomic E-state index is 11.9. The summed E-state index contributed by atoms with van der Waals surface area (Å²) in [5.41, 5.74) is 3.33. The lowest BCUT2D eigenvalue weighted by Crippen LogP contribution is -2.30. The number of nitrogens with one attached hydrogen (secondary N) is 1. The smallest absolute Gasteiger partial charge is 0.269 e. The van der Waals surface area contributed by atoms with E-state index in [-0.39, 0.29) is 12.5 Å². The number of benzene rings is 1. The van der Waals surface area contributed by atoms with Crippen molar-refractivity contribution in [3.63, 3.8) is 0 Å². The van der Waals surface area contributed by atoms with Crippen LogP contribution in [0.3, 0.4) is 0 Å². The fourth-order valence-electron chi connectivity index (χ4n) is 2.00. The normalized spacial score (nSPS) is 12.6. The number of rotatable bonds is 6. The number of hydrazine groups is 1. The molecule has 1 amide bonds. The molecule has 1 aromatic carbocycles. The van der Waals surface area contributed by atoms with Gasteiger partial charge in [-0.15, -0.1) is 0 Å². The lowest BCUT2D eigenvalue weighted by Gasteiger charge is -2.08. The first-order chi connectivity index (χ1) is 9.67. The Balaban J connectivity index is 2.29. The maximum Gasteiger partial charge on any atom is 0.269 e. The molecule has 0 bridgehead atoms. The Hall–Kier alpha value is -1.50. The SMILES string of the molecule is CC(CCO)SCc1oc2ccccc2c1C(=O)NN. The van der Waals surface area contributed by atoms with Crippen LogP contribution < -0.4 is 11.3 Å². The number of hydrogen-bond donors (Lipinski definition) is 3. The third-order valence-electron chi connectivity index (χ3n) is 3.06. The van der Waals surface area contributed by atoms with Crippen LogP contribution >= 0.6 is 11.8 Å². The Morgan fingerprint density at radius 1 is 1.50 bits per heavy atom. The van der Waals surface area contributed by atoms with Crippen molar-refractivity contribution in [3.05, 3.63) is 35.6 Å². The van der Waals surface area contributed by atoms with Gasteiger partial charge < -0.3 is 9.52 Å². The average Bonchev–Trinajstić information content (AvgIpc) is 2.83. The summed E-state index contributed by atoms with van der Waals surface area (Å²) >= 11 is 1.64. The molecule has 2 aromatic rings. The average molecular weight is 294 g/mol. The van der Waals surface area contributed by atoms with E-state index in [0.717, 1.165) is 5.39 Å². The van der Waals surface area contributed by atoms with Gasteiger partial charge in [0.05, 0.1) is 11.3 Å². The number of para-hydroxylation sites is 1. The zero-order valence-electron chi connectivity index (χ0n) is 11.3. The van der Waals surface area contributed by atoms with Crippen LogP contribution in [0.4, 0.5) is 0 Å². The molecular formula is C14H18N2O3S. The number of aliphatic hydroxyl groups is 1. The van der Waals surface area contributed by atoms with E-state index in [9.17, 15) is 4.79 Å². The van der Waals surface area contributed by atoms with Gasteiger partial charge in [-0.2, -0.15) is 11.8 Å². The van der Waals surface area contributed by atoms with Gasteiger partial charge in [0.15, 0.2) is 0 Å². The Morgan fingerprint density at radius 2 is 2.25 bits per heavy atom. The van der Waals surface area contributed by atoms with E-state index >= 15 is 0 Å². The van der Waals surface area contributed by atoms with Crippen molar-refractivity contribution in [1.82, 2.24) is 5.43 Å². The van der Waals surface area contributed by atoms with Crippen LogP contribution in [0, 0.1) is 0 Å². The van der Waals surface area contributed by atoms with Gasteiger partial charge in [-0.3, -0.25) is 10.2 Å². The Bertz CT molecular complexity index is 597. The van der Waals surface area contributed by atoms with Crippen molar-refractivity contribution in [2.75, 3.05) is 6.61 Å². The van der Waals surface area contributed by atoms with Crippen molar-refractivity contribution in [3.8, 4) is 0 Å². The number of hydrogen-bond acceptors (Lipinski definition) is 5. The van der Waals surface area contributed by atoms with E-state index in [0.29, 0.717) is 34.3 Å². The van der Waals surface area contributed by atoms with Gasteiger partial charge in [-0.05, 0) is 12.5 Å². The van der Waals surface area contributed by atoms with Crippen LogP contribution in [-0.2, 0) is 5.75 Å². The summed E-state index contributed by atoms with van der Waals surface area (Å²) in [6.07, 6.45) is 0.712. The van der Waals surface area contributed by atoms with E-state index in [1.807, 2.05) is 31.2 Å². The Labute approximate surface area is 121 Å². The molecule has 0 aliphatic heterocycles. The molecule has 108 valence electrons. The zero-order chi connectivity index (χ0) is 14.5. The summed E-state index contributed by atoms with van der Waals surface area (Å²) in [6.45, 7) is 2.19. The molecule has 0 radical (unpaired) electrons. The highest BCUT2D eigenvalue weighted by atomic mass is 32.2. The van der Waals surface area contributed by atoms with Crippen molar-refractivity contribution in [2.45, 2.75) is 24.3 Å². The summed E-state index contributed by atoms with van der Waals surface area (Å²) in [4.78, 5) is 11.9. The zero-order valence-corrected chi connectivity index (χ0v) is 12.1. The molecule has 0 fully saturated rings. The molecule has 4 N–H and O–H groups in total. The third-order valence-corrected chi connectivity index (χ3v) is 4.29. The fraction of sp³-hybridized carbons (Fsp3) is 0.357. The van der Waals surface area contributed by atoms with Crippen LogP contribution in [0.2, 0.25) is 0 Å². The molecule has 6 heteroatoms. The first-order valence-electron chi connectivity index (χ1n) is 6.41. The topological polar surface area (TPSA) is 88.5 Å². The van der Waals surface area contributed by atoms with Crippen molar-refractivity contribution in [1.29, 1.82) is 0 Å². The van der Waals surface area contributed by atoms with Gasteiger partial charge in [-0.1, -0.05) is 25.1 Å². The Morgan fingerprint density at radius 3 is 2.95 bits per heavy atom. The number of nitrogen functional groups attached to an aromatic ring is 1. The minimum Gasteiger partial charge on any atom is -0.459 e. The summed E-state index contributed by atoms with van der Waals surface area (Å²) in [6, 6.07) is 7.39. The second-order valence-corrected chi connectivity index (χ2v) is 5.93. The number of amides is 1.